The molecule has 33 heavy (non-hydrogen) atoms. The van der Waals surface area contributed by atoms with Gasteiger partial charge in [0.1, 0.15) is 11.3 Å². The lowest BCUT2D eigenvalue weighted by Crippen LogP contribution is -2.14. The summed E-state index contributed by atoms with van der Waals surface area (Å²) in [4.78, 5) is 32.1. The van der Waals surface area contributed by atoms with E-state index in [2.05, 4.69) is 15.3 Å². The molecule has 0 bridgehead atoms. The predicted octanol–water partition coefficient (Wildman–Crippen LogP) is 5.20. The highest BCUT2D eigenvalue weighted by Crippen LogP contribution is 2.30. The van der Waals surface area contributed by atoms with Gasteiger partial charge in [0, 0.05) is 24.1 Å². The van der Waals surface area contributed by atoms with Crippen molar-refractivity contribution in [3.8, 4) is 11.6 Å². The Morgan fingerprint density at radius 2 is 1.91 bits per heavy atom. The van der Waals surface area contributed by atoms with E-state index >= 15 is 0 Å². The lowest BCUT2D eigenvalue weighted by Gasteiger charge is -2.11. The molecule has 1 N–H and O–H groups in total. The lowest BCUT2D eigenvalue weighted by atomic mass is 10.2. The largest absolute Gasteiger partial charge is 0.462 e. The van der Waals surface area contributed by atoms with Crippen LogP contribution in [0.4, 0.5) is 18.9 Å². The number of rotatable bonds is 8. The topological polar surface area (TPSA) is 90.4 Å². The standard InChI is InChI=1S/C22H18F3N3O4S/c1-2-31-21(30)17-7-4-10-26-20(17)32-16-6-3-5-15(11-16)28-18(29)13-33-19-9-8-14(12-27-19)22(23,24)25/h3-12H,2,13H2,1H3,(H,28,29). The summed E-state index contributed by atoms with van der Waals surface area (Å²) in [5.74, 6) is -0.628. The maximum atomic E-state index is 12.6. The summed E-state index contributed by atoms with van der Waals surface area (Å²) in [6.07, 6.45) is -2.27. The molecule has 0 radical (unpaired) electrons. The van der Waals surface area contributed by atoms with Crippen LogP contribution in [0.25, 0.3) is 0 Å². The second-order valence-electron chi connectivity index (χ2n) is 6.43. The third kappa shape index (κ3) is 6.94. The maximum Gasteiger partial charge on any atom is 0.417 e. The molecular formula is C22H18F3N3O4S. The molecule has 11 heteroatoms. The van der Waals surface area contributed by atoms with Crippen molar-refractivity contribution in [2.45, 2.75) is 18.1 Å². The maximum absolute atomic E-state index is 12.6. The molecule has 1 aromatic carbocycles. The first kappa shape index (κ1) is 24.1. The molecule has 0 aliphatic heterocycles. The van der Waals surface area contributed by atoms with Crippen molar-refractivity contribution in [2.75, 3.05) is 17.7 Å². The summed E-state index contributed by atoms with van der Waals surface area (Å²) in [5, 5.41) is 2.96. The van der Waals surface area contributed by atoms with Gasteiger partial charge in [0.05, 0.1) is 22.9 Å². The lowest BCUT2D eigenvalue weighted by molar-refractivity contribution is -0.137. The van der Waals surface area contributed by atoms with Crippen LogP contribution in [0.15, 0.2) is 66.0 Å². The van der Waals surface area contributed by atoms with Crippen molar-refractivity contribution >= 4 is 29.3 Å². The van der Waals surface area contributed by atoms with Crippen LogP contribution in [0.1, 0.15) is 22.8 Å². The van der Waals surface area contributed by atoms with E-state index < -0.39 is 17.7 Å². The van der Waals surface area contributed by atoms with Gasteiger partial charge < -0.3 is 14.8 Å². The third-order valence-electron chi connectivity index (χ3n) is 4.01. The monoisotopic (exact) mass is 477 g/mol. The molecule has 0 unspecified atom stereocenters. The van der Waals surface area contributed by atoms with Crippen LogP contribution in [0.2, 0.25) is 0 Å². The van der Waals surface area contributed by atoms with Crippen LogP contribution in [0.3, 0.4) is 0 Å². The first-order valence-electron chi connectivity index (χ1n) is 9.62. The molecule has 3 aromatic rings. The van der Waals surface area contributed by atoms with Crippen molar-refractivity contribution in [3.63, 3.8) is 0 Å². The number of esters is 1. The molecule has 2 aromatic heterocycles. The number of amides is 1. The zero-order valence-corrected chi connectivity index (χ0v) is 18.1. The first-order valence-corrected chi connectivity index (χ1v) is 10.6. The van der Waals surface area contributed by atoms with E-state index in [1.165, 1.54) is 18.3 Å². The minimum atomic E-state index is -4.47. The number of halogens is 3. The fourth-order valence-corrected chi connectivity index (χ4v) is 3.20. The van der Waals surface area contributed by atoms with Crippen molar-refractivity contribution in [3.05, 3.63) is 72.1 Å². The Labute approximate surface area is 191 Å². The molecule has 2 heterocycles. The summed E-state index contributed by atoms with van der Waals surface area (Å²) in [6, 6.07) is 11.7. The number of ether oxygens (including phenoxy) is 2. The van der Waals surface area contributed by atoms with Crippen molar-refractivity contribution in [1.29, 1.82) is 0 Å². The molecule has 1 amide bonds. The van der Waals surface area contributed by atoms with Crippen molar-refractivity contribution < 1.29 is 32.2 Å². The van der Waals surface area contributed by atoms with E-state index in [0.717, 1.165) is 24.0 Å². The van der Waals surface area contributed by atoms with Crippen LogP contribution < -0.4 is 10.1 Å². The van der Waals surface area contributed by atoms with Gasteiger partial charge in [-0.2, -0.15) is 13.2 Å². The second kappa shape index (κ2) is 10.8. The molecule has 0 saturated carbocycles. The molecule has 0 spiro atoms. The molecule has 7 nitrogen and oxygen atoms in total. The Morgan fingerprint density at radius 3 is 2.61 bits per heavy atom. The number of carbonyl (C=O) groups excluding carboxylic acids is 2. The van der Waals surface area contributed by atoms with Gasteiger partial charge in [-0.1, -0.05) is 17.8 Å². The average molecular weight is 477 g/mol. The smallest absolute Gasteiger partial charge is 0.417 e. The summed E-state index contributed by atoms with van der Waals surface area (Å²) in [7, 11) is 0. The van der Waals surface area contributed by atoms with Gasteiger partial charge in [0.25, 0.3) is 0 Å². The molecule has 0 atom stereocenters. The Kier molecular flexibility index (Phi) is 7.88. The summed E-state index contributed by atoms with van der Waals surface area (Å²) >= 11 is 1.00. The molecule has 0 aliphatic carbocycles. The molecule has 3 rings (SSSR count). The summed E-state index contributed by atoms with van der Waals surface area (Å²) in [5.41, 5.74) is -0.270. The number of hydrogen-bond donors (Lipinski definition) is 1. The molecule has 0 saturated heterocycles. The highest BCUT2D eigenvalue weighted by molar-refractivity contribution is 7.99. The zero-order chi connectivity index (χ0) is 23.8. The Balaban J connectivity index is 1.60. The highest BCUT2D eigenvalue weighted by atomic mass is 32.2. The fraction of sp³-hybridized carbons (Fsp3) is 0.182. The number of benzene rings is 1. The van der Waals surface area contributed by atoms with E-state index in [4.69, 9.17) is 9.47 Å². The molecule has 0 fully saturated rings. The van der Waals surface area contributed by atoms with Gasteiger partial charge >= 0.3 is 12.1 Å². The Hall–Kier alpha value is -3.60. The number of aromatic nitrogens is 2. The van der Waals surface area contributed by atoms with Gasteiger partial charge in [-0.25, -0.2) is 14.8 Å². The predicted molar refractivity (Wildman–Crippen MR) is 115 cm³/mol. The van der Waals surface area contributed by atoms with Crippen LogP contribution >= 0.6 is 11.8 Å². The average Bonchev–Trinajstić information content (AvgIpc) is 2.78. The first-order chi connectivity index (χ1) is 15.8. The Morgan fingerprint density at radius 1 is 1.09 bits per heavy atom. The number of thioether (sulfide) groups is 1. The van der Waals surface area contributed by atoms with E-state index in [9.17, 15) is 22.8 Å². The number of pyridine rings is 2. The van der Waals surface area contributed by atoms with Crippen molar-refractivity contribution in [2.24, 2.45) is 0 Å². The number of carbonyl (C=O) groups is 2. The number of alkyl halides is 3. The van der Waals surface area contributed by atoms with E-state index in [1.807, 2.05) is 0 Å². The fourth-order valence-electron chi connectivity index (χ4n) is 2.56. The highest BCUT2D eigenvalue weighted by Gasteiger charge is 2.30. The SMILES string of the molecule is CCOC(=O)c1cccnc1Oc1cccc(NC(=O)CSc2ccc(C(F)(F)F)cn2)c1. The molecule has 0 aliphatic rings. The minimum Gasteiger partial charge on any atom is -0.462 e. The second-order valence-corrected chi connectivity index (χ2v) is 7.42. The zero-order valence-electron chi connectivity index (χ0n) is 17.3. The summed E-state index contributed by atoms with van der Waals surface area (Å²) < 4.78 is 48.5. The quantitative estimate of drug-likeness (QED) is 0.352. The molecular weight excluding hydrogens is 459 g/mol. The number of nitrogens with zero attached hydrogens (tertiary/aromatic N) is 2. The number of nitrogens with one attached hydrogen (secondary N) is 1. The van der Waals surface area contributed by atoms with Gasteiger partial charge in [-0.15, -0.1) is 0 Å². The van der Waals surface area contributed by atoms with Gasteiger partial charge in [-0.3, -0.25) is 4.79 Å². The van der Waals surface area contributed by atoms with Crippen LogP contribution in [-0.4, -0.2) is 34.2 Å². The van der Waals surface area contributed by atoms with Crippen LogP contribution in [0, 0.1) is 0 Å². The van der Waals surface area contributed by atoms with Crippen LogP contribution in [0.5, 0.6) is 11.6 Å². The van der Waals surface area contributed by atoms with Gasteiger partial charge in [-0.05, 0) is 43.3 Å². The van der Waals surface area contributed by atoms with Crippen LogP contribution in [-0.2, 0) is 15.7 Å². The normalized spacial score (nSPS) is 11.0. The van der Waals surface area contributed by atoms with E-state index in [-0.39, 0.29) is 34.7 Å². The van der Waals surface area contributed by atoms with E-state index in [1.54, 1.807) is 37.3 Å². The molecule has 172 valence electrons. The van der Waals surface area contributed by atoms with E-state index in [0.29, 0.717) is 11.4 Å². The number of hydrogen-bond acceptors (Lipinski definition) is 7. The minimum absolute atomic E-state index is 0.0587. The Bertz CT molecular complexity index is 1120. The third-order valence-corrected chi connectivity index (χ3v) is 4.96. The number of anilines is 1. The van der Waals surface area contributed by atoms with Crippen molar-refractivity contribution in [1.82, 2.24) is 9.97 Å². The van der Waals surface area contributed by atoms with Gasteiger partial charge in [0.2, 0.25) is 11.8 Å². The van der Waals surface area contributed by atoms with Gasteiger partial charge in [0.15, 0.2) is 0 Å². The summed E-state index contributed by atoms with van der Waals surface area (Å²) in [6.45, 7) is 1.89.